The van der Waals surface area contributed by atoms with E-state index in [-0.39, 0.29) is 17.9 Å². The first kappa shape index (κ1) is 20.2. The quantitative estimate of drug-likeness (QED) is 0.406. The zero-order valence-corrected chi connectivity index (χ0v) is 16.9. The number of amides is 2. The second-order valence-electron chi connectivity index (χ2n) is 8.01. The van der Waals surface area contributed by atoms with Crippen LogP contribution in [0.5, 0.6) is 0 Å². The molecule has 0 radical (unpaired) electrons. The molecule has 4 rings (SSSR count). The van der Waals surface area contributed by atoms with Gasteiger partial charge in [0.2, 0.25) is 5.91 Å². The number of fused-ring (bicyclic) bond motifs is 1. The summed E-state index contributed by atoms with van der Waals surface area (Å²) >= 11 is 0. The molecule has 6 nitrogen and oxygen atoms in total. The maximum Gasteiger partial charge on any atom is 0.267 e. The first-order valence-electron chi connectivity index (χ1n) is 10.5. The van der Waals surface area contributed by atoms with Gasteiger partial charge in [-0.15, -0.1) is 0 Å². The van der Waals surface area contributed by atoms with Crippen LogP contribution < -0.4 is 15.7 Å². The summed E-state index contributed by atoms with van der Waals surface area (Å²) in [5, 5.41) is 11.9. The van der Waals surface area contributed by atoms with Crippen LogP contribution in [0, 0.1) is 5.92 Å². The fourth-order valence-corrected chi connectivity index (χ4v) is 4.45. The highest BCUT2D eigenvalue weighted by Crippen LogP contribution is 2.28. The number of nitrogens with one attached hydrogen (secondary N) is 2. The molecule has 3 N–H and O–H groups in total. The lowest BCUT2D eigenvalue weighted by Crippen LogP contribution is -2.46. The lowest BCUT2D eigenvalue weighted by Gasteiger charge is -2.35. The van der Waals surface area contributed by atoms with E-state index in [4.69, 9.17) is 5.21 Å². The largest absolute Gasteiger partial charge is 0.371 e. The molecular weight excluding hydrogens is 378 g/mol. The highest BCUT2D eigenvalue weighted by Gasteiger charge is 2.29. The van der Waals surface area contributed by atoms with Crippen LogP contribution in [0.25, 0.3) is 6.08 Å². The van der Waals surface area contributed by atoms with Crippen molar-refractivity contribution in [3.63, 3.8) is 0 Å². The minimum Gasteiger partial charge on any atom is -0.371 e. The third-order valence-electron chi connectivity index (χ3n) is 6.07. The Balaban J connectivity index is 1.32. The van der Waals surface area contributed by atoms with Gasteiger partial charge in [0.15, 0.2) is 0 Å². The van der Waals surface area contributed by atoms with Crippen molar-refractivity contribution in [2.75, 3.05) is 18.0 Å². The van der Waals surface area contributed by atoms with E-state index in [1.807, 2.05) is 36.4 Å². The SMILES string of the molecule is O=C(/C=C/c1ccccc1N1CCC(NC(=O)C2Cc3ccccc3C2)CC1)NO. The Bertz CT molecular complexity index is 923. The summed E-state index contributed by atoms with van der Waals surface area (Å²) in [7, 11) is 0. The van der Waals surface area contributed by atoms with Gasteiger partial charge >= 0.3 is 0 Å². The zero-order valence-electron chi connectivity index (χ0n) is 16.9. The Kier molecular flexibility index (Phi) is 6.14. The van der Waals surface area contributed by atoms with Crippen LogP contribution in [0.1, 0.15) is 29.5 Å². The van der Waals surface area contributed by atoms with Crippen LogP contribution in [0.2, 0.25) is 0 Å². The predicted molar refractivity (Wildman–Crippen MR) is 116 cm³/mol. The van der Waals surface area contributed by atoms with Crippen molar-refractivity contribution in [1.82, 2.24) is 10.8 Å². The number of para-hydroxylation sites is 1. The summed E-state index contributed by atoms with van der Waals surface area (Å²) in [4.78, 5) is 26.4. The number of hydrogen-bond acceptors (Lipinski definition) is 4. The van der Waals surface area contributed by atoms with Crippen molar-refractivity contribution in [3.05, 3.63) is 71.3 Å². The molecule has 6 heteroatoms. The van der Waals surface area contributed by atoms with Gasteiger partial charge in [0, 0.05) is 36.8 Å². The fourth-order valence-electron chi connectivity index (χ4n) is 4.45. The van der Waals surface area contributed by atoms with Gasteiger partial charge in [0.05, 0.1) is 0 Å². The van der Waals surface area contributed by atoms with Gasteiger partial charge in [-0.2, -0.15) is 0 Å². The molecule has 0 atom stereocenters. The number of carbonyl (C=O) groups excluding carboxylic acids is 2. The highest BCUT2D eigenvalue weighted by atomic mass is 16.5. The number of benzene rings is 2. The standard InChI is InChI=1S/C24H27N3O3/c28-23(26-30)10-9-17-5-3-4-8-22(17)27-13-11-21(12-14-27)25-24(29)20-15-18-6-1-2-7-19(18)16-20/h1-10,20-21,30H,11-16H2,(H,25,29)(H,26,28)/b10-9+. The number of piperidine rings is 1. The van der Waals surface area contributed by atoms with E-state index in [1.54, 1.807) is 11.6 Å². The molecule has 1 saturated heterocycles. The summed E-state index contributed by atoms with van der Waals surface area (Å²) in [6.45, 7) is 1.68. The number of hydrogen-bond donors (Lipinski definition) is 3. The molecule has 1 fully saturated rings. The third kappa shape index (κ3) is 4.54. The summed E-state index contributed by atoms with van der Waals surface area (Å²) in [6, 6.07) is 16.4. The lowest BCUT2D eigenvalue weighted by molar-refractivity contribution is -0.125. The Morgan fingerprint density at radius 2 is 1.60 bits per heavy atom. The summed E-state index contributed by atoms with van der Waals surface area (Å²) in [5.74, 6) is -0.341. The van der Waals surface area contributed by atoms with Crippen molar-refractivity contribution in [3.8, 4) is 0 Å². The van der Waals surface area contributed by atoms with Crippen LogP contribution in [-0.4, -0.2) is 36.2 Å². The normalized spacial score (nSPS) is 17.2. The highest BCUT2D eigenvalue weighted by molar-refractivity contribution is 5.91. The van der Waals surface area contributed by atoms with Crippen LogP contribution in [0.3, 0.4) is 0 Å². The van der Waals surface area contributed by atoms with E-state index < -0.39 is 5.91 Å². The average molecular weight is 405 g/mol. The summed E-state index contributed by atoms with van der Waals surface area (Å²) in [6.07, 6.45) is 6.46. The second kappa shape index (κ2) is 9.13. The van der Waals surface area contributed by atoms with Gasteiger partial charge in [0.25, 0.3) is 5.91 Å². The molecule has 1 aliphatic carbocycles. The number of carbonyl (C=O) groups is 2. The van der Waals surface area contributed by atoms with Gasteiger partial charge in [-0.3, -0.25) is 14.8 Å². The Labute approximate surface area is 176 Å². The molecule has 2 aliphatic rings. The number of nitrogens with zero attached hydrogens (tertiary/aromatic N) is 1. The number of rotatable bonds is 5. The van der Waals surface area contributed by atoms with Crippen LogP contribution >= 0.6 is 0 Å². The van der Waals surface area contributed by atoms with E-state index in [9.17, 15) is 9.59 Å². The lowest BCUT2D eigenvalue weighted by atomic mass is 10.00. The second-order valence-corrected chi connectivity index (χ2v) is 8.01. The van der Waals surface area contributed by atoms with Crippen LogP contribution in [0.4, 0.5) is 5.69 Å². The molecule has 0 aromatic heterocycles. The first-order chi connectivity index (χ1) is 14.6. The monoisotopic (exact) mass is 405 g/mol. The average Bonchev–Trinajstić information content (AvgIpc) is 3.23. The van der Waals surface area contributed by atoms with Gasteiger partial charge in [-0.05, 0) is 54.5 Å². The fraction of sp³-hybridized carbons (Fsp3) is 0.333. The van der Waals surface area contributed by atoms with E-state index in [2.05, 4.69) is 22.3 Å². The Morgan fingerprint density at radius 3 is 2.27 bits per heavy atom. The van der Waals surface area contributed by atoms with E-state index in [1.165, 1.54) is 17.2 Å². The van der Waals surface area contributed by atoms with E-state index in [0.29, 0.717) is 0 Å². The molecule has 30 heavy (non-hydrogen) atoms. The maximum atomic E-state index is 12.8. The molecule has 2 aromatic rings. The Morgan fingerprint density at radius 1 is 0.967 bits per heavy atom. The van der Waals surface area contributed by atoms with Gasteiger partial charge in [-0.1, -0.05) is 42.5 Å². The molecule has 2 amide bonds. The topological polar surface area (TPSA) is 81.7 Å². The number of anilines is 1. The smallest absolute Gasteiger partial charge is 0.267 e. The molecule has 156 valence electrons. The summed E-state index contributed by atoms with van der Waals surface area (Å²) < 4.78 is 0. The first-order valence-corrected chi connectivity index (χ1v) is 10.5. The van der Waals surface area contributed by atoms with Gasteiger partial charge < -0.3 is 10.2 Å². The molecule has 0 spiro atoms. The molecule has 0 saturated carbocycles. The number of hydroxylamine groups is 1. The van der Waals surface area contributed by atoms with Crippen molar-refractivity contribution < 1.29 is 14.8 Å². The third-order valence-corrected chi connectivity index (χ3v) is 6.07. The molecule has 1 heterocycles. The van der Waals surface area contributed by atoms with Gasteiger partial charge in [-0.25, -0.2) is 5.48 Å². The van der Waals surface area contributed by atoms with Crippen LogP contribution in [0.15, 0.2) is 54.6 Å². The van der Waals surface area contributed by atoms with Crippen LogP contribution in [-0.2, 0) is 22.4 Å². The van der Waals surface area contributed by atoms with Crippen molar-refractivity contribution in [1.29, 1.82) is 0 Å². The maximum absolute atomic E-state index is 12.8. The van der Waals surface area contributed by atoms with Crippen molar-refractivity contribution in [2.45, 2.75) is 31.7 Å². The van der Waals surface area contributed by atoms with E-state index in [0.717, 1.165) is 50.0 Å². The molecule has 1 aliphatic heterocycles. The molecule has 2 aromatic carbocycles. The molecular formula is C24H27N3O3. The van der Waals surface area contributed by atoms with Crippen molar-refractivity contribution in [2.24, 2.45) is 5.92 Å². The zero-order chi connectivity index (χ0) is 20.9. The predicted octanol–water partition coefficient (Wildman–Crippen LogP) is 2.71. The van der Waals surface area contributed by atoms with Crippen molar-refractivity contribution >= 4 is 23.6 Å². The minimum atomic E-state index is -0.555. The van der Waals surface area contributed by atoms with Gasteiger partial charge in [0.1, 0.15) is 0 Å². The minimum absolute atomic E-state index is 0.0453. The van der Waals surface area contributed by atoms with E-state index >= 15 is 0 Å². The Hall–Kier alpha value is -3.12. The molecule has 0 bridgehead atoms. The molecule has 0 unspecified atom stereocenters. The summed E-state index contributed by atoms with van der Waals surface area (Å²) in [5.41, 5.74) is 6.18.